The molecule has 0 aliphatic rings. The summed E-state index contributed by atoms with van der Waals surface area (Å²) in [6.07, 6.45) is 2.05. The van der Waals surface area contributed by atoms with Crippen LogP contribution in [0.1, 0.15) is 18.7 Å². The van der Waals surface area contributed by atoms with Crippen molar-refractivity contribution in [3.63, 3.8) is 0 Å². The van der Waals surface area contributed by atoms with Crippen molar-refractivity contribution in [3.05, 3.63) is 24.8 Å². The molecule has 0 fully saturated rings. The lowest BCUT2D eigenvalue weighted by molar-refractivity contribution is 0.320. The summed E-state index contributed by atoms with van der Waals surface area (Å²) in [6.45, 7) is 4.30. The average molecular weight is 340 g/mol. The maximum absolute atomic E-state index is 9.15. The van der Waals surface area contributed by atoms with Crippen molar-refractivity contribution >= 4 is 49.3 Å². The molecule has 1 nitrogen and oxygen atoms in total. The van der Waals surface area contributed by atoms with E-state index in [1.54, 1.807) is 11.3 Å². The normalized spacial score (nSPS) is 12.6. The molecule has 0 aliphatic heterocycles. The van der Waals surface area contributed by atoms with E-state index in [0.29, 0.717) is 5.92 Å². The van der Waals surface area contributed by atoms with Gasteiger partial charge in [0.15, 0.2) is 0 Å². The molecule has 0 spiro atoms. The lowest BCUT2D eigenvalue weighted by Gasteiger charge is -2.06. The Bertz CT molecular complexity index is 322. The smallest absolute Gasteiger partial charge is 0.0846 e. The van der Waals surface area contributed by atoms with Crippen molar-refractivity contribution in [1.82, 2.24) is 0 Å². The molecule has 1 aromatic rings. The number of aliphatic hydroxyl groups is 1. The Morgan fingerprint density at radius 3 is 2.57 bits per heavy atom. The first-order chi connectivity index (χ1) is 6.54. The number of hydrogen-bond donors (Lipinski definition) is 1. The summed E-state index contributed by atoms with van der Waals surface area (Å²) in [5, 5.41) is 9.15. The van der Waals surface area contributed by atoms with Gasteiger partial charge in [0.1, 0.15) is 0 Å². The molecule has 1 N–H and O–H groups in total. The third-order valence-corrected chi connectivity index (χ3v) is 5.12. The standard InChI is InChI=1S/C10H12Br2OS/c1-6(2)7(5-13)3-8-4-9(11)10(12)14-8/h3-4,6,13H,5H2,1-2H3. The van der Waals surface area contributed by atoms with E-state index in [9.17, 15) is 0 Å². The molecular weight excluding hydrogens is 328 g/mol. The molecule has 78 valence electrons. The van der Waals surface area contributed by atoms with Gasteiger partial charge in [-0.25, -0.2) is 0 Å². The van der Waals surface area contributed by atoms with Gasteiger partial charge in [-0.3, -0.25) is 0 Å². The Balaban J connectivity index is 2.94. The van der Waals surface area contributed by atoms with Crippen LogP contribution in [-0.2, 0) is 0 Å². The van der Waals surface area contributed by atoms with Crippen LogP contribution in [0.25, 0.3) is 6.08 Å². The minimum Gasteiger partial charge on any atom is -0.392 e. The van der Waals surface area contributed by atoms with E-state index in [1.165, 1.54) is 0 Å². The highest BCUT2D eigenvalue weighted by Crippen LogP contribution is 2.33. The first-order valence-electron chi connectivity index (χ1n) is 4.30. The van der Waals surface area contributed by atoms with Crippen LogP contribution in [0.4, 0.5) is 0 Å². The molecule has 0 saturated heterocycles. The summed E-state index contributed by atoms with van der Waals surface area (Å²) in [7, 11) is 0. The van der Waals surface area contributed by atoms with E-state index in [0.717, 1.165) is 18.7 Å². The highest BCUT2D eigenvalue weighted by atomic mass is 79.9. The monoisotopic (exact) mass is 338 g/mol. The third-order valence-electron chi connectivity index (χ3n) is 1.92. The predicted octanol–water partition coefficient (Wildman–Crippen LogP) is 4.30. The largest absolute Gasteiger partial charge is 0.392 e. The molecule has 1 heterocycles. The number of hydrogen-bond acceptors (Lipinski definition) is 2. The summed E-state index contributed by atoms with van der Waals surface area (Å²) in [5.74, 6) is 0.389. The van der Waals surface area contributed by atoms with E-state index in [2.05, 4.69) is 45.7 Å². The molecule has 0 aliphatic carbocycles. The highest BCUT2D eigenvalue weighted by molar-refractivity contribution is 9.13. The van der Waals surface area contributed by atoms with E-state index >= 15 is 0 Å². The van der Waals surface area contributed by atoms with Gasteiger partial charge in [0, 0.05) is 9.35 Å². The molecule has 4 heteroatoms. The second-order valence-corrected chi connectivity index (χ2v) is 6.56. The molecule has 0 radical (unpaired) electrons. The second kappa shape index (κ2) is 5.45. The Morgan fingerprint density at radius 2 is 2.21 bits per heavy atom. The molecule has 0 bridgehead atoms. The SMILES string of the molecule is CC(C)C(=Cc1cc(Br)c(Br)s1)CO. The first-order valence-corrected chi connectivity index (χ1v) is 6.71. The Hall–Kier alpha value is 0.360. The van der Waals surface area contributed by atoms with E-state index < -0.39 is 0 Å². The maximum atomic E-state index is 9.15. The highest BCUT2D eigenvalue weighted by Gasteiger charge is 2.05. The van der Waals surface area contributed by atoms with Crippen LogP contribution in [0.5, 0.6) is 0 Å². The van der Waals surface area contributed by atoms with Gasteiger partial charge in [-0.05, 0) is 55.5 Å². The minimum atomic E-state index is 0.130. The molecule has 0 amide bonds. The second-order valence-electron chi connectivity index (χ2n) is 3.30. The minimum absolute atomic E-state index is 0.130. The number of thiophene rings is 1. The third kappa shape index (κ3) is 3.19. The van der Waals surface area contributed by atoms with Crippen LogP contribution >= 0.6 is 43.2 Å². The molecular formula is C10H12Br2OS. The van der Waals surface area contributed by atoms with Gasteiger partial charge in [0.2, 0.25) is 0 Å². The Labute approximate surface area is 105 Å². The fourth-order valence-electron chi connectivity index (χ4n) is 1.01. The zero-order valence-electron chi connectivity index (χ0n) is 8.05. The number of rotatable bonds is 3. The Kier molecular flexibility index (Phi) is 4.83. The van der Waals surface area contributed by atoms with Crippen molar-refractivity contribution in [2.75, 3.05) is 6.61 Å². The summed E-state index contributed by atoms with van der Waals surface area (Å²) >= 11 is 8.54. The molecule has 1 rings (SSSR count). The van der Waals surface area contributed by atoms with Crippen LogP contribution in [0.3, 0.4) is 0 Å². The average Bonchev–Trinajstić information content (AvgIpc) is 2.41. The molecule has 1 aromatic heterocycles. The summed E-state index contributed by atoms with van der Waals surface area (Å²) in [4.78, 5) is 1.15. The van der Waals surface area contributed by atoms with E-state index in [-0.39, 0.29) is 6.61 Å². The van der Waals surface area contributed by atoms with Crippen LogP contribution in [-0.4, -0.2) is 11.7 Å². The molecule has 0 aromatic carbocycles. The van der Waals surface area contributed by atoms with Gasteiger partial charge in [-0.15, -0.1) is 11.3 Å². The van der Waals surface area contributed by atoms with Gasteiger partial charge < -0.3 is 5.11 Å². The quantitative estimate of drug-likeness (QED) is 0.870. The molecule has 0 saturated carbocycles. The summed E-state index contributed by atoms with van der Waals surface area (Å²) < 4.78 is 2.15. The van der Waals surface area contributed by atoms with Gasteiger partial charge in [0.05, 0.1) is 10.4 Å². The Morgan fingerprint density at radius 1 is 1.57 bits per heavy atom. The molecule has 14 heavy (non-hydrogen) atoms. The predicted molar refractivity (Wildman–Crippen MR) is 69.6 cm³/mol. The zero-order valence-corrected chi connectivity index (χ0v) is 12.0. The zero-order chi connectivity index (χ0) is 10.7. The van der Waals surface area contributed by atoms with Crippen molar-refractivity contribution in [2.45, 2.75) is 13.8 Å². The van der Waals surface area contributed by atoms with Crippen LogP contribution in [0, 0.1) is 5.92 Å². The first kappa shape index (κ1) is 12.4. The van der Waals surface area contributed by atoms with Crippen LogP contribution < -0.4 is 0 Å². The van der Waals surface area contributed by atoms with Gasteiger partial charge in [-0.1, -0.05) is 13.8 Å². The van der Waals surface area contributed by atoms with Crippen molar-refractivity contribution in [2.24, 2.45) is 5.92 Å². The summed E-state index contributed by atoms with van der Waals surface area (Å²) in [6, 6.07) is 2.05. The molecule has 0 unspecified atom stereocenters. The van der Waals surface area contributed by atoms with Gasteiger partial charge in [0.25, 0.3) is 0 Å². The number of halogens is 2. The fourth-order valence-corrected chi connectivity index (χ4v) is 3.08. The van der Waals surface area contributed by atoms with E-state index in [4.69, 9.17) is 5.11 Å². The van der Waals surface area contributed by atoms with Crippen molar-refractivity contribution in [1.29, 1.82) is 0 Å². The van der Waals surface area contributed by atoms with Crippen molar-refractivity contribution in [3.8, 4) is 0 Å². The van der Waals surface area contributed by atoms with Crippen LogP contribution in [0.2, 0.25) is 0 Å². The maximum Gasteiger partial charge on any atom is 0.0846 e. The topological polar surface area (TPSA) is 20.2 Å². The fraction of sp³-hybridized carbons (Fsp3) is 0.400. The lowest BCUT2D eigenvalue weighted by atomic mass is 10.0. The summed E-state index contributed by atoms with van der Waals surface area (Å²) in [5.41, 5.74) is 1.06. The van der Waals surface area contributed by atoms with Gasteiger partial charge in [-0.2, -0.15) is 0 Å². The number of aliphatic hydroxyl groups excluding tert-OH is 1. The van der Waals surface area contributed by atoms with Crippen LogP contribution in [0.15, 0.2) is 19.9 Å². The van der Waals surface area contributed by atoms with Gasteiger partial charge >= 0.3 is 0 Å². The lowest BCUT2D eigenvalue weighted by Crippen LogP contribution is -1.98. The van der Waals surface area contributed by atoms with E-state index in [1.807, 2.05) is 12.1 Å². The molecule has 0 atom stereocenters. The van der Waals surface area contributed by atoms with Crippen molar-refractivity contribution < 1.29 is 5.11 Å².